The second-order valence-electron chi connectivity index (χ2n) is 8.06. The summed E-state index contributed by atoms with van der Waals surface area (Å²) in [6, 6.07) is 6.73. The number of rotatable bonds is 4. The molecule has 1 aliphatic rings. The minimum Gasteiger partial charge on any atom is -0.369 e. The number of amides is 1. The molecule has 148 valence electrons. The number of aliphatic imine (C=N–C) groups is 1. The molecule has 2 heterocycles. The zero-order chi connectivity index (χ0) is 20.7. The van der Waals surface area contributed by atoms with E-state index in [1.807, 2.05) is 6.92 Å². The molecule has 0 saturated carbocycles. The molecule has 1 aromatic heterocycles. The van der Waals surface area contributed by atoms with Crippen molar-refractivity contribution in [2.75, 3.05) is 7.05 Å². The lowest BCUT2D eigenvalue weighted by Gasteiger charge is -2.46. The van der Waals surface area contributed by atoms with Gasteiger partial charge in [-0.25, -0.2) is 19.4 Å². The summed E-state index contributed by atoms with van der Waals surface area (Å²) in [5, 5.41) is 0. The van der Waals surface area contributed by atoms with Crippen molar-refractivity contribution in [3.05, 3.63) is 59.4 Å². The minimum atomic E-state index is -1.12. The highest BCUT2D eigenvalue weighted by Crippen LogP contribution is 2.47. The summed E-state index contributed by atoms with van der Waals surface area (Å²) in [5.74, 6) is 0.280. The Bertz CT molecular complexity index is 928. The molecule has 2 atom stereocenters. The van der Waals surface area contributed by atoms with Crippen molar-refractivity contribution < 1.29 is 9.18 Å². The summed E-state index contributed by atoms with van der Waals surface area (Å²) in [6.45, 7) is 7.33. The average molecular weight is 383 g/mol. The number of hydrogen-bond donors (Lipinski definition) is 1. The molecule has 0 bridgehead atoms. The van der Waals surface area contributed by atoms with Crippen LogP contribution in [0.2, 0.25) is 0 Å². The Morgan fingerprint density at radius 1 is 1.21 bits per heavy atom. The van der Waals surface area contributed by atoms with Gasteiger partial charge in [-0.05, 0) is 44.9 Å². The number of guanidine groups is 1. The lowest BCUT2D eigenvalue weighted by Crippen LogP contribution is -2.58. The normalized spacial score (nSPS) is 22.7. The van der Waals surface area contributed by atoms with Gasteiger partial charge in [0.15, 0.2) is 5.96 Å². The van der Waals surface area contributed by atoms with Gasteiger partial charge >= 0.3 is 0 Å². The van der Waals surface area contributed by atoms with Crippen LogP contribution < -0.4 is 5.73 Å². The van der Waals surface area contributed by atoms with Gasteiger partial charge in [0.1, 0.15) is 17.2 Å². The third-order valence-corrected chi connectivity index (χ3v) is 5.86. The number of halogens is 1. The molecule has 1 aliphatic heterocycles. The number of carbonyl (C=O) groups excluding carboxylic acids is 1. The SMILES string of the molecule is CC(Cc1ccc(F)c([C@@]2(C)N=C(N)N(C)C(=O)C2(C)C)c1)c1ncccn1. The summed E-state index contributed by atoms with van der Waals surface area (Å²) in [6.07, 6.45) is 4.06. The number of nitrogens with two attached hydrogens (primary N) is 1. The van der Waals surface area contributed by atoms with Gasteiger partial charge in [0.2, 0.25) is 5.91 Å². The summed E-state index contributed by atoms with van der Waals surface area (Å²) in [4.78, 5) is 27.3. The smallest absolute Gasteiger partial charge is 0.237 e. The summed E-state index contributed by atoms with van der Waals surface area (Å²) in [7, 11) is 1.58. The Morgan fingerprint density at radius 2 is 1.86 bits per heavy atom. The number of hydrogen-bond acceptors (Lipinski definition) is 5. The molecule has 1 amide bonds. The largest absolute Gasteiger partial charge is 0.369 e. The fraction of sp³-hybridized carbons (Fsp3) is 0.429. The predicted molar refractivity (Wildman–Crippen MR) is 106 cm³/mol. The van der Waals surface area contributed by atoms with Crippen molar-refractivity contribution in [3.63, 3.8) is 0 Å². The van der Waals surface area contributed by atoms with Gasteiger partial charge in [0.25, 0.3) is 0 Å². The lowest BCUT2D eigenvalue weighted by atomic mass is 9.67. The first-order valence-electron chi connectivity index (χ1n) is 9.27. The van der Waals surface area contributed by atoms with E-state index in [4.69, 9.17) is 5.73 Å². The summed E-state index contributed by atoms with van der Waals surface area (Å²) >= 11 is 0. The van der Waals surface area contributed by atoms with Crippen LogP contribution in [0, 0.1) is 11.2 Å². The van der Waals surface area contributed by atoms with Crippen molar-refractivity contribution in [1.82, 2.24) is 14.9 Å². The predicted octanol–water partition coefficient (Wildman–Crippen LogP) is 2.99. The Hall–Kier alpha value is -2.83. The van der Waals surface area contributed by atoms with Crippen LogP contribution in [0.5, 0.6) is 0 Å². The highest BCUT2D eigenvalue weighted by Gasteiger charge is 2.53. The van der Waals surface area contributed by atoms with E-state index >= 15 is 0 Å². The highest BCUT2D eigenvalue weighted by molar-refractivity contribution is 6.01. The van der Waals surface area contributed by atoms with Gasteiger partial charge in [0.05, 0.1) is 5.41 Å². The molecule has 1 unspecified atom stereocenters. The molecular formula is C21H26FN5O. The molecule has 3 rings (SSSR count). The van der Waals surface area contributed by atoms with Crippen LogP contribution >= 0.6 is 0 Å². The molecule has 6 nitrogen and oxygen atoms in total. The second-order valence-corrected chi connectivity index (χ2v) is 8.06. The van der Waals surface area contributed by atoms with E-state index in [0.29, 0.717) is 12.0 Å². The van der Waals surface area contributed by atoms with Crippen LogP contribution in [0.25, 0.3) is 0 Å². The number of nitrogens with zero attached hydrogens (tertiary/aromatic N) is 4. The second kappa shape index (κ2) is 6.96. The minimum absolute atomic E-state index is 0.0630. The maximum atomic E-state index is 14.9. The number of carbonyl (C=O) groups is 1. The molecule has 0 fully saturated rings. The van der Waals surface area contributed by atoms with Gasteiger partial charge < -0.3 is 5.73 Å². The Morgan fingerprint density at radius 3 is 2.50 bits per heavy atom. The summed E-state index contributed by atoms with van der Waals surface area (Å²) in [5.41, 5.74) is 5.17. The molecule has 28 heavy (non-hydrogen) atoms. The first-order valence-corrected chi connectivity index (χ1v) is 9.27. The average Bonchev–Trinajstić information content (AvgIpc) is 2.67. The van der Waals surface area contributed by atoms with Crippen molar-refractivity contribution in [1.29, 1.82) is 0 Å². The van der Waals surface area contributed by atoms with Crippen LogP contribution in [-0.4, -0.2) is 33.8 Å². The monoisotopic (exact) mass is 383 g/mol. The van der Waals surface area contributed by atoms with Crippen molar-refractivity contribution >= 4 is 11.9 Å². The number of aromatic nitrogens is 2. The van der Waals surface area contributed by atoms with Crippen molar-refractivity contribution in [2.45, 2.75) is 45.6 Å². The maximum Gasteiger partial charge on any atom is 0.237 e. The van der Waals surface area contributed by atoms with Gasteiger partial charge in [-0.15, -0.1) is 0 Å². The molecule has 0 spiro atoms. The van der Waals surface area contributed by atoms with Crippen LogP contribution in [0.15, 0.2) is 41.7 Å². The van der Waals surface area contributed by atoms with Crippen LogP contribution in [0.1, 0.15) is 50.6 Å². The molecule has 1 aromatic carbocycles. The molecular weight excluding hydrogens is 357 g/mol. The van der Waals surface area contributed by atoms with E-state index in [1.165, 1.54) is 11.0 Å². The van der Waals surface area contributed by atoms with Crippen molar-refractivity contribution in [3.8, 4) is 0 Å². The number of benzene rings is 1. The molecule has 0 saturated heterocycles. The van der Waals surface area contributed by atoms with Gasteiger partial charge in [0, 0.05) is 30.9 Å². The topological polar surface area (TPSA) is 84.5 Å². The van der Waals surface area contributed by atoms with Gasteiger partial charge in [-0.1, -0.05) is 19.1 Å². The van der Waals surface area contributed by atoms with Crippen LogP contribution in [0.4, 0.5) is 4.39 Å². The van der Waals surface area contributed by atoms with E-state index in [2.05, 4.69) is 15.0 Å². The molecule has 2 N–H and O–H groups in total. The summed E-state index contributed by atoms with van der Waals surface area (Å²) < 4.78 is 14.9. The van der Waals surface area contributed by atoms with Crippen LogP contribution in [0.3, 0.4) is 0 Å². The quantitative estimate of drug-likeness (QED) is 0.880. The van der Waals surface area contributed by atoms with E-state index in [0.717, 1.165) is 11.4 Å². The lowest BCUT2D eigenvalue weighted by molar-refractivity contribution is -0.140. The van der Waals surface area contributed by atoms with E-state index in [-0.39, 0.29) is 17.8 Å². The van der Waals surface area contributed by atoms with Crippen molar-refractivity contribution in [2.24, 2.45) is 16.1 Å². The van der Waals surface area contributed by atoms with Gasteiger partial charge in [-0.2, -0.15) is 0 Å². The van der Waals surface area contributed by atoms with E-state index in [1.54, 1.807) is 58.4 Å². The molecule has 2 aromatic rings. The maximum absolute atomic E-state index is 14.9. The first-order chi connectivity index (χ1) is 13.1. The standard InChI is InChI=1S/C21H26FN5O/c1-13(17-24-9-6-10-25-17)11-14-7-8-16(22)15(12-14)21(4)20(2,3)18(28)27(5)19(23)26-21/h6-10,12-13H,11H2,1-5H3,(H2,23,26)/t13?,21-/m1/s1. The zero-order valence-corrected chi connectivity index (χ0v) is 16.9. The highest BCUT2D eigenvalue weighted by atomic mass is 19.1. The van der Waals surface area contributed by atoms with Crippen LogP contribution in [-0.2, 0) is 16.8 Å². The third kappa shape index (κ3) is 3.15. The zero-order valence-electron chi connectivity index (χ0n) is 16.9. The molecule has 0 aliphatic carbocycles. The fourth-order valence-electron chi connectivity index (χ4n) is 3.65. The first kappa shape index (κ1) is 19.9. The van der Waals surface area contributed by atoms with Gasteiger partial charge in [-0.3, -0.25) is 9.69 Å². The molecule has 0 radical (unpaired) electrons. The van der Waals surface area contributed by atoms with E-state index in [9.17, 15) is 9.18 Å². The Balaban J connectivity index is 2.03. The van der Waals surface area contributed by atoms with E-state index < -0.39 is 16.8 Å². The molecule has 7 heteroatoms. The Kier molecular flexibility index (Phi) is 4.95. The Labute approximate surface area is 164 Å². The fourth-order valence-corrected chi connectivity index (χ4v) is 3.65. The third-order valence-electron chi connectivity index (χ3n) is 5.86.